The fraction of sp³-hybridized carbons (Fsp3) is 0.214. The largest absolute Gasteiger partial charge is 0.508 e. The number of nitrogens with zero attached hydrogens (tertiary/aromatic N) is 1. The number of pyridine rings is 1. The summed E-state index contributed by atoms with van der Waals surface area (Å²) >= 11 is 5.73. The predicted octanol–water partition coefficient (Wildman–Crippen LogP) is 3.92. The highest BCUT2D eigenvalue weighted by molar-refractivity contribution is 6.29. The Bertz CT molecular complexity index is 540. The first-order valence-corrected chi connectivity index (χ1v) is 6.11. The highest BCUT2D eigenvalue weighted by atomic mass is 35.5. The van der Waals surface area contributed by atoms with Gasteiger partial charge in [-0.25, -0.2) is 4.98 Å². The van der Waals surface area contributed by atoms with Crippen molar-refractivity contribution < 1.29 is 5.11 Å². The Labute approximate surface area is 111 Å². The van der Waals surface area contributed by atoms with E-state index >= 15 is 0 Å². The minimum Gasteiger partial charge on any atom is -0.508 e. The number of anilines is 1. The fourth-order valence-electron chi connectivity index (χ4n) is 1.81. The van der Waals surface area contributed by atoms with Gasteiger partial charge in [0.2, 0.25) is 0 Å². The lowest BCUT2D eigenvalue weighted by molar-refractivity contribution is 0.465. The van der Waals surface area contributed by atoms with Crippen LogP contribution in [-0.2, 0) is 0 Å². The van der Waals surface area contributed by atoms with E-state index in [-0.39, 0.29) is 6.04 Å². The number of hydrogen-bond acceptors (Lipinski definition) is 3. The molecule has 0 fully saturated rings. The molecule has 0 bridgehead atoms. The molecule has 1 atom stereocenters. The van der Waals surface area contributed by atoms with Crippen molar-refractivity contribution in [1.29, 1.82) is 0 Å². The van der Waals surface area contributed by atoms with Crippen LogP contribution in [0.25, 0.3) is 0 Å². The molecule has 0 aliphatic rings. The lowest BCUT2D eigenvalue weighted by Gasteiger charge is -2.17. The number of phenols is 1. The van der Waals surface area contributed by atoms with Crippen molar-refractivity contribution in [3.05, 3.63) is 52.8 Å². The normalized spacial score (nSPS) is 12.2. The number of aryl methyl sites for hydroxylation is 1. The second kappa shape index (κ2) is 5.27. The van der Waals surface area contributed by atoms with Crippen LogP contribution in [0.3, 0.4) is 0 Å². The van der Waals surface area contributed by atoms with Crippen LogP contribution in [0.1, 0.15) is 24.1 Å². The molecule has 94 valence electrons. The van der Waals surface area contributed by atoms with E-state index in [1.165, 1.54) is 0 Å². The SMILES string of the molecule is Cc1ccc(C(C)Nc2ccc(Cl)nc2)c(O)c1. The number of hydrogen-bond donors (Lipinski definition) is 2. The topological polar surface area (TPSA) is 45.2 Å². The number of benzene rings is 1. The highest BCUT2D eigenvalue weighted by Gasteiger charge is 2.10. The Hall–Kier alpha value is -1.74. The number of rotatable bonds is 3. The first-order valence-electron chi connectivity index (χ1n) is 5.74. The van der Waals surface area contributed by atoms with Crippen molar-refractivity contribution in [2.24, 2.45) is 0 Å². The van der Waals surface area contributed by atoms with E-state index in [9.17, 15) is 5.11 Å². The molecule has 2 aromatic rings. The predicted molar refractivity (Wildman–Crippen MR) is 74.1 cm³/mol. The molecule has 0 radical (unpaired) electrons. The van der Waals surface area contributed by atoms with E-state index in [1.807, 2.05) is 32.0 Å². The molecule has 2 N–H and O–H groups in total. The molecule has 0 aliphatic carbocycles. The molecule has 2 rings (SSSR count). The number of aromatic hydroxyl groups is 1. The molecule has 0 saturated carbocycles. The van der Waals surface area contributed by atoms with E-state index in [2.05, 4.69) is 10.3 Å². The second-order valence-corrected chi connectivity index (χ2v) is 4.69. The van der Waals surface area contributed by atoms with E-state index in [1.54, 1.807) is 18.3 Å². The molecule has 3 nitrogen and oxygen atoms in total. The van der Waals surface area contributed by atoms with Crippen LogP contribution in [0.15, 0.2) is 36.5 Å². The highest BCUT2D eigenvalue weighted by Crippen LogP contribution is 2.27. The van der Waals surface area contributed by atoms with Gasteiger partial charge in [0, 0.05) is 5.56 Å². The zero-order chi connectivity index (χ0) is 13.1. The Morgan fingerprint density at radius 2 is 2.06 bits per heavy atom. The quantitative estimate of drug-likeness (QED) is 0.824. The maximum absolute atomic E-state index is 9.91. The number of phenolic OH excluding ortho intramolecular Hbond substituents is 1. The van der Waals surface area contributed by atoms with Crippen molar-refractivity contribution >= 4 is 17.3 Å². The summed E-state index contributed by atoms with van der Waals surface area (Å²) in [5.41, 5.74) is 2.76. The van der Waals surface area contributed by atoms with Crippen molar-refractivity contribution in [2.45, 2.75) is 19.9 Å². The molecule has 1 unspecified atom stereocenters. The first kappa shape index (κ1) is 12.7. The first-order chi connectivity index (χ1) is 8.56. The Morgan fingerprint density at radius 3 is 2.67 bits per heavy atom. The molecule has 18 heavy (non-hydrogen) atoms. The third-order valence-corrected chi connectivity index (χ3v) is 2.99. The molecule has 1 heterocycles. The summed E-state index contributed by atoms with van der Waals surface area (Å²) in [5.74, 6) is 0.303. The van der Waals surface area contributed by atoms with Gasteiger partial charge in [-0.2, -0.15) is 0 Å². The number of halogens is 1. The second-order valence-electron chi connectivity index (χ2n) is 4.30. The van der Waals surface area contributed by atoms with Crippen molar-refractivity contribution in [3.8, 4) is 5.75 Å². The van der Waals surface area contributed by atoms with E-state index in [4.69, 9.17) is 11.6 Å². The van der Waals surface area contributed by atoms with Crippen LogP contribution in [0.4, 0.5) is 5.69 Å². The molecule has 0 aliphatic heterocycles. The van der Waals surface area contributed by atoms with Gasteiger partial charge < -0.3 is 10.4 Å². The molecular weight excluding hydrogens is 248 g/mol. The van der Waals surface area contributed by atoms with E-state index in [0.717, 1.165) is 16.8 Å². The zero-order valence-corrected chi connectivity index (χ0v) is 11.1. The molecule has 1 aromatic heterocycles. The fourth-order valence-corrected chi connectivity index (χ4v) is 1.92. The van der Waals surface area contributed by atoms with Gasteiger partial charge >= 0.3 is 0 Å². The number of nitrogens with one attached hydrogen (secondary N) is 1. The van der Waals surface area contributed by atoms with Gasteiger partial charge in [-0.05, 0) is 37.6 Å². The van der Waals surface area contributed by atoms with Gasteiger partial charge in [-0.1, -0.05) is 23.7 Å². The van der Waals surface area contributed by atoms with Gasteiger partial charge in [0.1, 0.15) is 10.9 Å². The summed E-state index contributed by atoms with van der Waals surface area (Å²) in [4.78, 5) is 4.00. The Kier molecular flexibility index (Phi) is 3.72. The summed E-state index contributed by atoms with van der Waals surface area (Å²) in [6.45, 7) is 3.93. The van der Waals surface area contributed by atoms with Crippen LogP contribution in [0.2, 0.25) is 5.15 Å². The Morgan fingerprint density at radius 1 is 1.28 bits per heavy atom. The van der Waals surface area contributed by atoms with Gasteiger partial charge in [-0.15, -0.1) is 0 Å². The van der Waals surface area contributed by atoms with Crippen molar-refractivity contribution in [1.82, 2.24) is 4.98 Å². The molecular formula is C14H15ClN2O. The van der Waals surface area contributed by atoms with Gasteiger partial charge in [0.25, 0.3) is 0 Å². The van der Waals surface area contributed by atoms with Gasteiger partial charge in [0.15, 0.2) is 0 Å². The molecule has 0 spiro atoms. The molecule has 0 amide bonds. The monoisotopic (exact) mass is 262 g/mol. The lowest BCUT2D eigenvalue weighted by atomic mass is 10.0. The van der Waals surface area contributed by atoms with Crippen LogP contribution in [0, 0.1) is 6.92 Å². The lowest BCUT2D eigenvalue weighted by Crippen LogP contribution is -2.07. The summed E-state index contributed by atoms with van der Waals surface area (Å²) < 4.78 is 0. The smallest absolute Gasteiger partial charge is 0.129 e. The van der Waals surface area contributed by atoms with Gasteiger partial charge in [-0.3, -0.25) is 0 Å². The van der Waals surface area contributed by atoms with Crippen LogP contribution >= 0.6 is 11.6 Å². The summed E-state index contributed by atoms with van der Waals surface area (Å²) in [5, 5.41) is 13.6. The van der Waals surface area contributed by atoms with E-state index < -0.39 is 0 Å². The third kappa shape index (κ3) is 2.93. The molecule has 1 aromatic carbocycles. The van der Waals surface area contributed by atoms with Crippen molar-refractivity contribution in [2.75, 3.05) is 5.32 Å². The van der Waals surface area contributed by atoms with Crippen LogP contribution < -0.4 is 5.32 Å². The molecule has 4 heteroatoms. The van der Waals surface area contributed by atoms with E-state index in [0.29, 0.717) is 10.9 Å². The Balaban J connectivity index is 2.16. The molecule has 0 saturated heterocycles. The average Bonchev–Trinajstić information content (AvgIpc) is 2.32. The summed E-state index contributed by atoms with van der Waals surface area (Å²) in [6, 6.07) is 9.24. The maximum atomic E-state index is 9.91. The minimum atomic E-state index is -0.00595. The average molecular weight is 263 g/mol. The summed E-state index contributed by atoms with van der Waals surface area (Å²) in [7, 11) is 0. The third-order valence-electron chi connectivity index (χ3n) is 2.76. The maximum Gasteiger partial charge on any atom is 0.129 e. The zero-order valence-electron chi connectivity index (χ0n) is 10.3. The minimum absolute atomic E-state index is 0.00595. The standard InChI is InChI=1S/C14H15ClN2O/c1-9-3-5-12(13(18)7-9)10(2)17-11-4-6-14(15)16-8-11/h3-8,10,17-18H,1-2H3. The van der Waals surface area contributed by atoms with Crippen LogP contribution in [-0.4, -0.2) is 10.1 Å². The van der Waals surface area contributed by atoms with Crippen LogP contribution in [0.5, 0.6) is 5.75 Å². The number of aromatic nitrogens is 1. The summed E-state index contributed by atoms with van der Waals surface area (Å²) in [6.07, 6.45) is 1.67. The van der Waals surface area contributed by atoms with Gasteiger partial charge in [0.05, 0.1) is 17.9 Å². The van der Waals surface area contributed by atoms with Crippen molar-refractivity contribution in [3.63, 3.8) is 0 Å².